The number of nitrogens with zero attached hydrogens (tertiary/aromatic N) is 6. The molecule has 0 N–H and O–H groups in total. The Morgan fingerprint density at radius 3 is 2.93 bits per heavy atom. The minimum Gasteiger partial charge on any atom is -0.275 e. The third kappa shape index (κ3) is 2.89. The van der Waals surface area contributed by atoms with Crippen LogP contribution in [-0.2, 0) is 25.3 Å². The molecule has 6 nitrogen and oxygen atoms in total. The van der Waals surface area contributed by atoms with E-state index < -0.39 is 0 Å². The molecule has 0 unspecified atom stereocenters. The predicted molar refractivity (Wildman–Crippen MR) is 108 cm³/mol. The van der Waals surface area contributed by atoms with E-state index in [0.29, 0.717) is 0 Å². The first-order chi connectivity index (χ1) is 13.5. The van der Waals surface area contributed by atoms with Gasteiger partial charge in [0.15, 0.2) is 11.5 Å². The topological polar surface area (TPSA) is 60.9 Å². The maximum atomic E-state index is 4.79. The van der Waals surface area contributed by atoms with E-state index in [2.05, 4.69) is 47.2 Å². The number of hydrogen-bond donors (Lipinski definition) is 0. The zero-order chi connectivity index (χ0) is 19.3. The van der Waals surface area contributed by atoms with E-state index in [1.807, 2.05) is 30.2 Å². The van der Waals surface area contributed by atoms with E-state index in [4.69, 9.17) is 4.98 Å². The third-order valence-corrected chi connectivity index (χ3v) is 5.79. The minimum atomic E-state index is 0.276. The van der Waals surface area contributed by atoms with Crippen LogP contribution >= 0.6 is 0 Å². The highest BCUT2D eigenvalue weighted by molar-refractivity contribution is 5.72. The molecule has 3 aromatic heterocycles. The molecule has 4 aromatic rings. The number of aromatic nitrogens is 6. The highest BCUT2D eigenvalue weighted by atomic mass is 15.3. The SMILES string of the molecule is Cn1cc(-c2nccn3nc(Cc4ccc5c(c4)CCCC5(C)C)nc23)cn1. The van der Waals surface area contributed by atoms with Gasteiger partial charge in [-0.15, -0.1) is 0 Å². The van der Waals surface area contributed by atoms with Crippen molar-refractivity contribution in [2.75, 3.05) is 0 Å². The molecule has 0 aliphatic heterocycles. The summed E-state index contributed by atoms with van der Waals surface area (Å²) >= 11 is 0. The van der Waals surface area contributed by atoms with Gasteiger partial charge in [0.2, 0.25) is 0 Å². The van der Waals surface area contributed by atoms with Crippen LogP contribution in [-0.4, -0.2) is 29.4 Å². The summed E-state index contributed by atoms with van der Waals surface area (Å²) in [6.07, 6.45) is 11.8. The van der Waals surface area contributed by atoms with Gasteiger partial charge in [-0.05, 0) is 41.4 Å². The quantitative estimate of drug-likeness (QED) is 0.550. The molecule has 0 amide bonds. The number of benzene rings is 1. The maximum absolute atomic E-state index is 4.79. The van der Waals surface area contributed by atoms with Crippen LogP contribution in [0.4, 0.5) is 0 Å². The van der Waals surface area contributed by atoms with E-state index in [1.165, 1.54) is 36.0 Å². The van der Waals surface area contributed by atoms with Crippen LogP contribution in [0, 0.1) is 0 Å². The second kappa shape index (κ2) is 6.26. The van der Waals surface area contributed by atoms with Gasteiger partial charge in [0.25, 0.3) is 0 Å². The van der Waals surface area contributed by atoms with Crippen molar-refractivity contribution >= 4 is 5.65 Å². The lowest BCUT2D eigenvalue weighted by Crippen LogP contribution is -2.23. The fourth-order valence-corrected chi connectivity index (χ4v) is 4.35. The molecule has 0 spiro atoms. The average molecular weight is 372 g/mol. The van der Waals surface area contributed by atoms with Gasteiger partial charge in [0.1, 0.15) is 5.69 Å². The molecule has 3 heterocycles. The Labute approximate surface area is 164 Å². The summed E-state index contributed by atoms with van der Waals surface area (Å²) in [6.45, 7) is 4.70. The monoisotopic (exact) mass is 372 g/mol. The number of fused-ring (bicyclic) bond motifs is 2. The van der Waals surface area contributed by atoms with Crippen molar-refractivity contribution in [1.29, 1.82) is 0 Å². The molecule has 1 aliphatic carbocycles. The van der Waals surface area contributed by atoms with Crippen molar-refractivity contribution < 1.29 is 0 Å². The first-order valence-electron chi connectivity index (χ1n) is 9.81. The molecule has 0 atom stereocenters. The average Bonchev–Trinajstić information content (AvgIpc) is 3.26. The van der Waals surface area contributed by atoms with E-state index in [9.17, 15) is 0 Å². The Kier molecular flexibility index (Phi) is 3.82. The maximum Gasteiger partial charge on any atom is 0.182 e. The molecule has 28 heavy (non-hydrogen) atoms. The van der Waals surface area contributed by atoms with Crippen molar-refractivity contribution in [2.24, 2.45) is 7.05 Å². The molecular formula is C22H24N6. The summed E-state index contributed by atoms with van der Waals surface area (Å²) in [6, 6.07) is 6.89. The van der Waals surface area contributed by atoms with E-state index in [1.54, 1.807) is 10.9 Å². The van der Waals surface area contributed by atoms with Crippen molar-refractivity contribution in [3.8, 4) is 11.3 Å². The Morgan fingerprint density at radius 1 is 1.21 bits per heavy atom. The Balaban J connectivity index is 1.49. The highest BCUT2D eigenvalue weighted by Crippen LogP contribution is 2.37. The van der Waals surface area contributed by atoms with Crippen LogP contribution in [0.2, 0.25) is 0 Å². The molecule has 0 saturated heterocycles. The zero-order valence-corrected chi connectivity index (χ0v) is 16.6. The third-order valence-electron chi connectivity index (χ3n) is 5.79. The largest absolute Gasteiger partial charge is 0.275 e. The summed E-state index contributed by atoms with van der Waals surface area (Å²) < 4.78 is 3.58. The minimum absolute atomic E-state index is 0.276. The van der Waals surface area contributed by atoms with Gasteiger partial charge in [-0.1, -0.05) is 32.0 Å². The lowest BCUT2D eigenvalue weighted by atomic mass is 9.72. The van der Waals surface area contributed by atoms with Gasteiger partial charge in [0.05, 0.1) is 6.20 Å². The molecular weight excluding hydrogens is 348 g/mol. The van der Waals surface area contributed by atoms with Gasteiger partial charge < -0.3 is 0 Å². The fraction of sp³-hybridized carbons (Fsp3) is 0.364. The van der Waals surface area contributed by atoms with Crippen LogP contribution in [0.1, 0.15) is 49.2 Å². The first-order valence-corrected chi connectivity index (χ1v) is 9.81. The first kappa shape index (κ1) is 17.1. The molecule has 1 aliphatic rings. The van der Waals surface area contributed by atoms with Crippen LogP contribution in [0.5, 0.6) is 0 Å². The molecule has 6 heteroatoms. The zero-order valence-electron chi connectivity index (χ0n) is 16.6. The van der Waals surface area contributed by atoms with Gasteiger partial charge in [-0.3, -0.25) is 9.67 Å². The number of rotatable bonds is 3. The lowest BCUT2D eigenvalue weighted by Gasteiger charge is -2.32. The van der Waals surface area contributed by atoms with Gasteiger partial charge in [-0.2, -0.15) is 10.2 Å². The van der Waals surface area contributed by atoms with Crippen LogP contribution < -0.4 is 0 Å². The summed E-state index contributed by atoms with van der Waals surface area (Å²) in [5.41, 5.74) is 7.04. The summed E-state index contributed by atoms with van der Waals surface area (Å²) in [4.78, 5) is 9.29. The van der Waals surface area contributed by atoms with Crippen molar-refractivity contribution in [3.05, 3.63) is 65.5 Å². The molecule has 0 bridgehead atoms. The predicted octanol–water partition coefficient (Wildman–Crippen LogP) is 3.73. The van der Waals surface area contributed by atoms with Crippen LogP contribution in [0.3, 0.4) is 0 Å². The van der Waals surface area contributed by atoms with E-state index in [0.717, 1.165) is 29.1 Å². The normalized spacial score (nSPS) is 15.7. The number of hydrogen-bond acceptors (Lipinski definition) is 4. The van der Waals surface area contributed by atoms with Gasteiger partial charge >= 0.3 is 0 Å². The highest BCUT2D eigenvalue weighted by Gasteiger charge is 2.27. The Bertz CT molecular complexity index is 1170. The van der Waals surface area contributed by atoms with E-state index >= 15 is 0 Å². The standard InChI is InChI=1S/C22H24N6/c1-22(2)8-4-5-16-11-15(6-7-18(16)22)12-19-25-21-20(17-13-24-27(3)14-17)23-9-10-28(21)26-19/h6-7,9-11,13-14H,4-5,8,12H2,1-3H3. The lowest BCUT2D eigenvalue weighted by molar-refractivity contribution is 0.431. The Morgan fingerprint density at radius 2 is 2.11 bits per heavy atom. The summed E-state index contributed by atoms with van der Waals surface area (Å²) in [5, 5.41) is 8.93. The molecule has 0 radical (unpaired) electrons. The van der Waals surface area contributed by atoms with Gasteiger partial charge in [-0.25, -0.2) is 9.50 Å². The summed E-state index contributed by atoms with van der Waals surface area (Å²) in [7, 11) is 1.90. The fourth-order valence-electron chi connectivity index (χ4n) is 4.35. The summed E-state index contributed by atoms with van der Waals surface area (Å²) in [5.74, 6) is 0.813. The van der Waals surface area contributed by atoms with Crippen molar-refractivity contribution in [1.82, 2.24) is 29.4 Å². The second-order valence-corrected chi connectivity index (χ2v) is 8.38. The second-order valence-electron chi connectivity index (χ2n) is 8.38. The molecule has 0 saturated carbocycles. The smallest absolute Gasteiger partial charge is 0.182 e. The number of aryl methyl sites for hydroxylation is 2. The van der Waals surface area contributed by atoms with Crippen molar-refractivity contribution in [3.63, 3.8) is 0 Å². The molecule has 5 rings (SSSR count). The molecule has 142 valence electrons. The van der Waals surface area contributed by atoms with Crippen LogP contribution in [0.15, 0.2) is 43.0 Å². The van der Waals surface area contributed by atoms with Crippen molar-refractivity contribution in [2.45, 2.75) is 44.9 Å². The molecule has 1 aromatic carbocycles. The van der Waals surface area contributed by atoms with E-state index in [-0.39, 0.29) is 5.41 Å². The van der Waals surface area contributed by atoms with Gasteiger partial charge in [0, 0.05) is 37.6 Å². The molecule has 0 fully saturated rings. The Hall–Kier alpha value is -3.02. The van der Waals surface area contributed by atoms with Crippen LogP contribution in [0.25, 0.3) is 16.9 Å².